The number of amides is 1. The number of ether oxygens (including phenoxy) is 1. The number of anilines is 1. The zero-order chi connectivity index (χ0) is 22.0. The molecule has 0 aliphatic rings. The van der Waals surface area contributed by atoms with E-state index in [1.54, 1.807) is 6.07 Å². The lowest BCUT2D eigenvalue weighted by Crippen LogP contribution is -2.30. The Labute approximate surface area is 179 Å². The van der Waals surface area contributed by atoms with Crippen molar-refractivity contribution in [3.05, 3.63) is 76.3 Å². The van der Waals surface area contributed by atoms with Gasteiger partial charge in [0.1, 0.15) is 24.1 Å². The van der Waals surface area contributed by atoms with Crippen molar-refractivity contribution >= 4 is 17.1 Å². The molecule has 2 heterocycles. The minimum absolute atomic E-state index is 0.189. The summed E-state index contributed by atoms with van der Waals surface area (Å²) in [6.07, 6.45) is 1.43. The van der Waals surface area contributed by atoms with Gasteiger partial charge in [-0.1, -0.05) is 6.07 Å². The predicted molar refractivity (Wildman–Crippen MR) is 118 cm³/mol. The number of fused-ring (bicyclic) bond motifs is 1. The quantitative estimate of drug-likeness (QED) is 0.520. The van der Waals surface area contributed by atoms with Crippen molar-refractivity contribution in [2.45, 2.75) is 27.3 Å². The molecule has 8 heteroatoms. The third-order valence-corrected chi connectivity index (χ3v) is 5.03. The first-order valence-electron chi connectivity index (χ1n) is 10.0. The number of rotatable bonds is 6. The first-order valence-corrected chi connectivity index (χ1v) is 10.0. The molecule has 0 spiro atoms. The van der Waals surface area contributed by atoms with Gasteiger partial charge in [0.15, 0.2) is 0 Å². The Morgan fingerprint density at radius 3 is 2.55 bits per heavy atom. The van der Waals surface area contributed by atoms with E-state index < -0.39 is 0 Å². The topological polar surface area (TPSA) is 90.5 Å². The predicted octanol–water partition coefficient (Wildman–Crippen LogP) is 3.21. The molecular formula is C23H23N5O3. The molecule has 4 rings (SSSR count). The molecule has 2 aromatic carbocycles. The fraction of sp³-hybridized carbons (Fsp3) is 0.217. The van der Waals surface area contributed by atoms with Gasteiger partial charge in [0.25, 0.3) is 5.56 Å². The first kappa shape index (κ1) is 20.3. The van der Waals surface area contributed by atoms with Crippen molar-refractivity contribution in [2.75, 3.05) is 11.9 Å². The zero-order valence-electron chi connectivity index (χ0n) is 17.6. The van der Waals surface area contributed by atoms with Gasteiger partial charge < -0.3 is 10.1 Å². The summed E-state index contributed by atoms with van der Waals surface area (Å²) in [6.45, 7) is 6.32. The molecule has 0 radical (unpaired) electrons. The maximum Gasteiger partial charge on any atom is 0.293 e. The molecule has 0 fully saturated rings. The molecule has 1 N–H and O–H groups in total. The van der Waals surface area contributed by atoms with Gasteiger partial charge in [0.2, 0.25) is 5.91 Å². The molecular weight excluding hydrogens is 394 g/mol. The van der Waals surface area contributed by atoms with Gasteiger partial charge in [0.05, 0.1) is 12.3 Å². The lowest BCUT2D eigenvalue weighted by Gasteiger charge is -2.08. The number of aryl methyl sites for hydroxylation is 2. The van der Waals surface area contributed by atoms with Crippen molar-refractivity contribution < 1.29 is 9.53 Å². The SMILES string of the molecule is CCOc1ccc(-c2cc3c(=O)n(CC(=O)Nc4ccc(C)c(C)c4)ncn3n2)cc1. The summed E-state index contributed by atoms with van der Waals surface area (Å²) in [6, 6.07) is 14.8. The van der Waals surface area contributed by atoms with Gasteiger partial charge in [-0.2, -0.15) is 10.2 Å². The molecule has 0 bridgehead atoms. The minimum Gasteiger partial charge on any atom is -0.494 e. The van der Waals surface area contributed by atoms with E-state index in [-0.39, 0.29) is 18.0 Å². The second-order valence-electron chi connectivity index (χ2n) is 7.26. The number of hydrogen-bond acceptors (Lipinski definition) is 5. The van der Waals surface area contributed by atoms with Crippen LogP contribution in [0.15, 0.2) is 59.7 Å². The highest BCUT2D eigenvalue weighted by atomic mass is 16.5. The highest BCUT2D eigenvalue weighted by molar-refractivity contribution is 5.90. The number of carbonyl (C=O) groups is 1. The maximum absolute atomic E-state index is 12.8. The Kier molecular flexibility index (Phi) is 5.53. The molecule has 31 heavy (non-hydrogen) atoms. The third kappa shape index (κ3) is 4.32. The van der Waals surface area contributed by atoms with Gasteiger partial charge in [-0.25, -0.2) is 9.20 Å². The summed E-state index contributed by atoms with van der Waals surface area (Å²) >= 11 is 0. The highest BCUT2D eigenvalue weighted by Gasteiger charge is 2.13. The molecule has 0 atom stereocenters. The van der Waals surface area contributed by atoms with Gasteiger partial charge in [0, 0.05) is 11.3 Å². The average Bonchev–Trinajstić information content (AvgIpc) is 3.19. The van der Waals surface area contributed by atoms with Gasteiger partial charge >= 0.3 is 0 Å². The van der Waals surface area contributed by atoms with Crippen molar-refractivity contribution in [3.63, 3.8) is 0 Å². The summed E-state index contributed by atoms with van der Waals surface area (Å²) in [5, 5.41) is 11.3. The van der Waals surface area contributed by atoms with Crippen molar-refractivity contribution in [1.82, 2.24) is 19.4 Å². The molecule has 1 amide bonds. The molecule has 0 saturated heterocycles. The molecule has 158 valence electrons. The summed E-state index contributed by atoms with van der Waals surface area (Å²) < 4.78 is 8.01. The van der Waals surface area contributed by atoms with Crippen LogP contribution in [0, 0.1) is 13.8 Å². The lowest BCUT2D eigenvalue weighted by atomic mass is 10.1. The normalized spacial score (nSPS) is 10.9. The molecule has 8 nitrogen and oxygen atoms in total. The number of carbonyl (C=O) groups excluding carboxylic acids is 1. The largest absolute Gasteiger partial charge is 0.494 e. The zero-order valence-corrected chi connectivity index (χ0v) is 17.6. The van der Waals surface area contributed by atoms with E-state index in [9.17, 15) is 9.59 Å². The molecule has 0 aliphatic heterocycles. The number of nitrogens with one attached hydrogen (secondary N) is 1. The Bertz CT molecular complexity index is 1310. The van der Waals surface area contributed by atoms with Gasteiger partial charge in [-0.3, -0.25) is 9.59 Å². The Hall–Kier alpha value is -3.94. The second-order valence-corrected chi connectivity index (χ2v) is 7.26. The Morgan fingerprint density at radius 2 is 1.84 bits per heavy atom. The Morgan fingerprint density at radius 1 is 1.06 bits per heavy atom. The van der Waals surface area contributed by atoms with Crippen LogP contribution in [0.2, 0.25) is 0 Å². The fourth-order valence-electron chi connectivity index (χ4n) is 3.24. The Balaban J connectivity index is 1.55. The van der Waals surface area contributed by atoms with Crippen LogP contribution < -0.4 is 15.6 Å². The average molecular weight is 417 g/mol. The number of aromatic nitrogens is 4. The van der Waals surface area contributed by atoms with Crippen LogP contribution in [-0.4, -0.2) is 31.9 Å². The fourth-order valence-corrected chi connectivity index (χ4v) is 3.24. The van der Waals surface area contributed by atoms with Crippen LogP contribution in [0.4, 0.5) is 5.69 Å². The van der Waals surface area contributed by atoms with Crippen LogP contribution in [-0.2, 0) is 11.3 Å². The first-order chi connectivity index (χ1) is 14.9. The molecule has 0 aliphatic carbocycles. The van der Waals surface area contributed by atoms with Crippen LogP contribution in [0.5, 0.6) is 5.75 Å². The standard InChI is InChI=1S/C23H23N5O3/c1-4-31-19-9-6-17(7-10-19)20-12-21-23(30)27(24-14-28(21)26-20)13-22(29)25-18-8-5-15(2)16(3)11-18/h5-12,14H,4,13H2,1-3H3,(H,25,29). The van der Waals surface area contributed by atoms with E-state index in [1.807, 2.05) is 63.2 Å². The summed E-state index contributed by atoms with van der Waals surface area (Å²) in [4.78, 5) is 25.3. The molecule has 2 aromatic heterocycles. The van der Waals surface area contributed by atoms with Crippen molar-refractivity contribution in [1.29, 1.82) is 0 Å². The lowest BCUT2D eigenvalue weighted by molar-refractivity contribution is -0.117. The molecule has 0 saturated carbocycles. The molecule has 0 unspecified atom stereocenters. The van der Waals surface area contributed by atoms with E-state index in [2.05, 4.69) is 15.5 Å². The second kappa shape index (κ2) is 8.43. The smallest absolute Gasteiger partial charge is 0.293 e. The van der Waals surface area contributed by atoms with E-state index >= 15 is 0 Å². The third-order valence-electron chi connectivity index (χ3n) is 5.03. The number of benzene rings is 2. The van der Waals surface area contributed by atoms with Gasteiger partial charge in [-0.05, 0) is 74.4 Å². The van der Waals surface area contributed by atoms with Crippen molar-refractivity contribution in [3.8, 4) is 17.0 Å². The van der Waals surface area contributed by atoms with E-state index in [0.29, 0.717) is 23.5 Å². The highest BCUT2D eigenvalue weighted by Crippen LogP contribution is 2.21. The van der Waals surface area contributed by atoms with E-state index in [0.717, 1.165) is 27.1 Å². The van der Waals surface area contributed by atoms with Crippen LogP contribution in [0.1, 0.15) is 18.1 Å². The van der Waals surface area contributed by atoms with E-state index in [4.69, 9.17) is 4.74 Å². The summed E-state index contributed by atoms with van der Waals surface area (Å²) in [5.41, 5.74) is 4.36. The maximum atomic E-state index is 12.8. The van der Waals surface area contributed by atoms with E-state index in [1.165, 1.54) is 10.8 Å². The van der Waals surface area contributed by atoms with Crippen LogP contribution in [0.3, 0.4) is 0 Å². The van der Waals surface area contributed by atoms with Crippen LogP contribution >= 0.6 is 0 Å². The van der Waals surface area contributed by atoms with Gasteiger partial charge in [-0.15, -0.1) is 0 Å². The number of hydrogen-bond donors (Lipinski definition) is 1. The monoisotopic (exact) mass is 417 g/mol. The van der Waals surface area contributed by atoms with Crippen molar-refractivity contribution in [2.24, 2.45) is 0 Å². The number of nitrogens with zero attached hydrogens (tertiary/aromatic N) is 4. The van der Waals surface area contributed by atoms with Crippen LogP contribution in [0.25, 0.3) is 16.8 Å². The summed E-state index contributed by atoms with van der Waals surface area (Å²) in [5.74, 6) is 0.447. The summed E-state index contributed by atoms with van der Waals surface area (Å²) in [7, 11) is 0. The molecule has 4 aromatic rings. The minimum atomic E-state index is -0.387.